The van der Waals surface area contributed by atoms with Crippen LogP contribution in [0.2, 0.25) is 0 Å². The quantitative estimate of drug-likeness (QED) is 0.753. The third kappa shape index (κ3) is 5.30. The van der Waals surface area contributed by atoms with E-state index in [9.17, 15) is 9.59 Å². The molecule has 1 saturated heterocycles. The molecule has 3 N–H and O–H groups in total. The molecule has 1 aliphatic heterocycles. The molecule has 0 radical (unpaired) electrons. The van der Waals surface area contributed by atoms with E-state index in [-0.39, 0.29) is 18.5 Å². The van der Waals surface area contributed by atoms with Crippen LogP contribution in [0.25, 0.3) is 0 Å². The van der Waals surface area contributed by atoms with Crippen molar-refractivity contribution < 1.29 is 9.59 Å². The average molecular weight is 295 g/mol. The van der Waals surface area contributed by atoms with Gasteiger partial charge in [-0.15, -0.1) is 0 Å². The number of hydrogen-bond donors (Lipinski definition) is 2. The Bertz CT molecular complexity index is 345. The van der Waals surface area contributed by atoms with Crippen LogP contribution in [0.1, 0.15) is 57.8 Å². The number of nitrogens with two attached hydrogens (primary N) is 1. The Morgan fingerprint density at radius 1 is 1.00 bits per heavy atom. The average Bonchev–Trinajstić information content (AvgIpc) is 2.74. The summed E-state index contributed by atoms with van der Waals surface area (Å²) in [7, 11) is 0. The van der Waals surface area contributed by atoms with Crippen LogP contribution in [0.5, 0.6) is 0 Å². The Balaban J connectivity index is 1.93. The summed E-state index contributed by atoms with van der Waals surface area (Å²) in [6.07, 6.45) is 9.81. The summed E-state index contributed by atoms with van der Waals surface area (Å²) in [5.74, 6) is 0.229. The van der Waals surface area contributed by atoms with Crippen molar-refractivity contribution >= 4 is 11.8 Å². The lowest BCUT2D eigenvalue weighted by Crippen LogP contribution is -2.49. The fourth-order valence-corrected chi connectivity index (χ4v) is 3.64. The normalized spacial score (nSPS) is 21.7. The van der Waals surface area contributed by atoms with Crippen molar-refractivity contribution in [2.45, 2.75) is 63.8 Å². The van der Waals surface area contributed by atoms with Crippen LogP contribution in [0.3, 0.4) is 0 Å². The second-order valence-corrected chi connectivity index (χ2v) is 6.53. The molecule has 1 aliphatic carbocycles. The molecule has 2 fully saturated rings. The molecular formula is C16H29N3O2. The molecule has 21 heavy (non-hydrogen) atoms. The van der Waals surface area contributed by atoms with Crippen LogP contribution in [0.4, 0.5) is 0 Å². The van der Waals surface area contributed by atoms with Gasteiger partial charge in [-0.1, -0.05) is 25.7 Å². The van der Waals surface area contributed by atoms with Gasteiger partial charge in [-0.05, 0) is 44.7 Å². The van der Waals surface area contributed by atoms with Gasteiger partial charge in [-0.2, -0.15) is 0 Å². The highest BCUT2D eigenvalue weighted by molar-refractivity contribution is 5.84. The van der Waals surface area contributed by atoms with Gasteiger partial charge < -0.3 is 16.0 Å². The van der Waals surface area contributed by atoms with Crippen molar-refractivity contribution in [2.24, 2.45) is 11.7 Å². The molecule has 2 aliphatic rings. The Morgan fingerprint density at radius 3 is 2.19 bits per heavy atom. The molecule has 5 heteroatoms. The maximum Gasteiger partial charge on any atom is 0.237 e. The summed E-state index contributed by atoms with van der Waals surface area (Å²) in [5, 5.41) is 3.30. The molecule has 1 heterocycles. The summed E-state index contributed by atoms with van der Waals surface area (Å²) < 4.78 is 0. The molecule has 0 aromatic rings. The van der Waals surface area contributed by atoms with E-state index in [2.05, 4.69) is 5.32 Å². The Kier molecular flexibility index (Phi) is 6.49. The van der Waals surface area contributed by atoms with Crippen LogP contribution in [0.15, 0.2) is 0 Å². The van der Waals surface area contributed by atoms with E-state index >= 15 is 0 Å². The first kappa shape index (κ1) is 16.3. The van der Waals surface area contributed by atoms with Gasteiger partial charge in [-0.25, -0.2) is 0 Å². The molecule has 0 atom stereocenters. The number of carbonyl (C=O) groups excluding carboxylic acids is 2. The third-order valence-electron chi connectivity index (χ3n) is 4.83. The van der Waals surface area contributed by atoms with E-state index in [0.717, 1.165) is 38.8 Å². The van der Waals surface area contributed by atoms with Crippen molar-refractivity contribution in [1.29, 1.82) is 0 Å². The first-order valence-corrected chi connectivity index (χ1v) is 8.45. The van der Waals surface area contributed by atoms with Crippen molar-refractivity contribution in [3.8, 4) is 0 Å². The number of carbonyl (C=O) groups is 2. The minimum atomic E-state index is -0.400. The van der Waals surface area contributed by atoms with E-state index in [1.54, 1.807) is 4.90 Å². The van der Waals surface area contributed by atoms with Crippen molar-refractivity contribution in [1.82, 2.24) is 10.2 Å². The first-order valence-electron chi connectivity index (χ1n) is 8.45. The molecule has 5 nitrogen and oxygen atoms in total. The molecule has 120 valence electrons. The van der Waals surface area contributed by atoms with Gasteiger partial charge >= 0.3 is 0 Å². The van der Waals surface area contributed by atoms with Gasteiger partial charge in [0.25, 0.3) is 0 Å². The van der Waals surface area contributed by atoms with Gasteiger partial charge in [0, 0.05) is 12.5 Å². The number of hydrogen-bond acceptors (Lipinski definition) is 3. The number of nitrogens with one attached hydrogen (secondary N) is 1. The lowest BCUT2D eigenvalue weighted by molar-refractivity contribution is -0.139. The topological polar surface area (TPSA) is 75.4 Å². The van der Waals surface area contributed by atoms with E-state index in [0.29, 0.717) is 12.3 Å². The lowest BCUT2D eigenvalue weighted by atomic mass is 9.95. The van der Waals surface area contributed by atoms with Crippen molar-refractivity contribution in [2.75, 3.05) is 19.6 Å². The summed E-state index contributed by atoms with van der Waals surface area (Å²) >= 11 is 0. The zero-order valence-corrected chi connectivity index (χ0v) is 13.0. The molecular weight excluding hydrogens is 266 g/mol. The summed E-state index contributed by atoms with van der Waals surface area (Å²) in [4.78, 5) is 25.7. The number of primary amides is 1. The maximum atomic E-state index is 12.7. The second-order valence-electron chi connectivity index (χ2n) is 6.53. The Hall–Kier alpha value is -1.10. The SMILES string of the molecule is NC(=O)CN(C(=O)CC1CCCCCC1)C1CCNCC1. The van der Waals surface area contributed by atoms with Crippen LogP contribution < -0.4 is 11.1 Å². The zero-order chi connectivity index (χ0) is 15.1. The van der Waals surface area contributed by atoms with Gasteiger partial charge in [0.1, 0.15) is 0 Å². The van der Waals surface area contributed by atoms with E-state index in [1.165, 1.54) is 25.7 Å². The smallest absolute Gasteiger partial charge is 0.237 e. The van der Waals surface area contributed by atoms with Crippen molar-refractivity contribution in [3.05, 3.63) is 0 Å². The molecule has 0 spiro atoms. The third-order valence-corrected chi connectivity index (χ3v) is 4.83. The largest absolute Gasteiger partial charge is 0.368 e. The van der Waals surface area contributed by atoms with Crippen LogP contribution >= 0.6 is 0 Å². The monoisotopic (exact) mass is 295 g/mol. The lowest BCUT2D eigenvalue weighted by Gasteiger charge is -2.34. The van der Waals surface area contributed by atoms with Crippen LogP contribution in [-0.4, -0.2) is 42.4 Å². The fourth-order valence-electron chi connectivity index (χ4n) is 3.64. The van der Waals surface area contributed by atoms with Gasteiger partial charge in [0.15, 0.2) is 0 Å². The highest BCUT2D eigenvalue weighted by atomic mass is 16.2. The number of rotatable bonds is 5. The molecule has 2 amide bonds. The molecule has 0 aromatic carbocycles. The Morgan fingerprint density at radius 2 is 1.62 bits per heavy atom. The summed E-state index contributed by atoms with van der Waals surface area (Å²) in [6, 6.07) is 0.178. The van der Waals surface area contributed by atoms with Gasteiger partial charge in [0.05, 0.1) is 6.54 Å². The summed E-state index contributed by atoms with van der Waals surface area (Å²) in [6.45, 7) is 1.91. The Labute approximate surface area is 127 Å². The highest BCUT2D eigenvalue weighted by Gasteiger charge is 2.28. The fraction of sp³-hybridized carbons (Fsp3) is 0.875. The molecule has 0 bridgehead atoms. The molecule has 1 saturated carbocycles. The zero-order valence-electron chi connectivity index (χ0n) is 13.0. The highest BCUT2D eigenvalue weighted by Crippen LogP contribution is 2.26. The summed E-state index contributed by atoms with van der Waals surface area (Å²) in [5.41, 5.74) is 5.35. The van der Waals surface area contributed by atoms with Crippen molar-refractivity contribution in [3.63, 3.8) is 0 Å². The van der Waals surface area contributed by atoms with Gasteiger partial charge in [-0.3, -0.25) is 9.59 Å². The number of amides is 2. The van der Waals surface area contributed by atoms with E-state index < -0.39 is 5.91 Å². The predicted octanol–water partition coefficient (Wildman–Crippen LogP) is 1.41. The van der Waals surface area contributed by atoms with E-state index in [4.69, 9.17) is 5.73 Å². The van der Waals surface area contributed by atoms with Crippen LogP contribution in [-0.2, 0) is 9.59 Å². The number of piperidine rings is 1. The minimum Gasteiger partial charge on any atom is -0.368 e. The molecule has 2 rings (SSSR count). The first-order chi connectivity index (χ1) is 10.2. The predicted molar refractivity (Wildman–Crippen MR) is 82.6 cm³/mol. The minimum absolute atomic E-state index is 0.0796. The maximum absolute atomic E-state index is 12.7. The van der Waals surface area contributed by atoms with E-state index in [1.807, 2.05) is 0 Å². The van der Waals surface area contributed by atoms with Gasteiger partial charge in [0.2, 0.25) is 11.8 Å². The standard InChI is InChI=1S/C16H29N3O2/c17-15(20)12-19(14-7-9-18-10-8-14)16(21)11-13-5-3-1-2-4-6-13/h13-14,18H,1-12H2,(H2,17,20). The number of nitrogens with zero attached hydrogens (tertiary/aromatic N) is 1. The molecule has 0 aromatic heterocycles. The van der Waals surface area contributed by atoms with Crippen LogP contribution in [0, 0.1) is 5.92 Å². The molecule has 0 unspecified atom stereocenters. The second kappa shape index (κ2) is 8.37.